The van der Waals surface area contributed by atoms with E-state index in [1.807, 2.05) is 25.1 Å². The molecule has 28 heavy (non-hydrogen) atoms. The van der Waals surface area contributed by atoms with Gasteiger partial charge in [0.15, 0.2) is 0 Å². The average Bonchev–Trinajstić information content (AvgIpc) is 2.66. The number of anilines is 1. The number of aromatic amines is 1. The first-order valence-electron chi connectivity index (χ1n) is 8.97. The third-order valence-corrected chi connectivity index (χ3v) is 5.15. The monoisotopic (exact) mass is 398 g/mol. The molecule has 1 atom stereocenters. The molecule has 0 saturated heterocycles. The number of para-hydroxylation sites is 1. The molecule has 0 aliphatic rings. The molecule has 1 amide bonds. The maximum absolute atomic E-state index is 13.2. The number of rotatable bonds is 6. The van der Waals surface area contributed by atoms with Crippen LogP contribution in [0.2, 0.25) is 0 Å². The van der Waals surface area contributed by atoms with Crippen LogP contribution in [-0.4, -0.2) is 33.0 Å². The molecule has 1 heterocycles. The van der Waals surface area contributed by atoms with Crippen molar-refractivity contribution in [2.24, 2.45) is 0 Å². The Balaban J connectivity index is 2.20. The zero-order chi connectivity index (χ0) is 20.3. The number of hydrogen-bond donors (Lipinski definition) is 2. The predicted octanol–water partition coefficient (Wildman–Crippen LogP) is 3.17. The molecular weight excluding hydrogens is 376 g/mol. The quantitative estimate of drug-likeness (QED) is 0.667. The van der Waals surface area contributed by atoms with Crippen LogP contribution in [0.5, 0.6) is 5.75 Å². The summed E-state index contributed by atoms with van der Waals surface area (Å²) < 4.78 is 11.7. The van der Waals surface area contributed by atoms with E-state index in [1.54, 1.807) is 36.6 Å². The number of benzene rings is 2. The Morgan fingerprint density at radius 3 is 2.50 bits per heavy atom. The number of carbonyl (C=O) groups is 1. The Morgan fingerprint density at radius 2 is 1.86 bits per heavy atom. The van der Waals surface area contributed by atoms with Crippen molar-refractivity contribution in [3.8, 4) is 5.75 Å². The number of amides is 1. The predicted molar refractivity (Wildman–Crippen MR) is 112 cm³/mol. The maximum atomic E-state index is 13.2. The fraction of sp³-hybridized carbons (Fsp3) is 0.238. The lowest BCUT2D eigenvalue weighted by atomic mass is 10.0. The summed E-state index contributed by atoms with van der Waals surface area (Å²) in [6, 6.07) is 14.1. The normalized spacial score (nSPS) is 12.1. The highest BCUT2D eigenvalue weighted by atomic mass is 32.2. The van der Waals surface area contributed by atoms with Gasteiger partial charge in [0, 0.05) is 40.4 Å². The van der Waals surface area contributed by atoms with Gasteiger partial charge in [0.25, 0.3) is 11.5 Å². The molecule has 2 aromatic carbocycles. The molecule has 1 aromatic heterocycles. The lowest BCUT2D eigenvalue weighted by Crippen LogP contribution is -2.35. The summed E-state index contributed by atoms with van der Waals surface area (Å²) in [5, 5.41) is 11.2. The third kappa shape index (κ3) is 3.84. The molecule has 0 aliphatic carbocycles. The molecular formula is C21H22N2O4S. The minimum atomic E-state index is -1.14. The first-order chi connectivity index (χ1) is 13.4. The van der Waals surface area contributed by atoms with E-state index in [0.717, 1.165) is 0 Å². The minimum absolute atomic E-state index is 0.210. The molecule has 0 radical (unpaired) electrons. The van der Waals surface area contributed by atoms with Crippen LogP contribution in [0.3, 0.4) is 0 Å². The molecule has 0 spiro atoms. The Morgan fingerprint density at radius 1 is 1.14 bits per heavy atom. The van der Waals surface area contributed by atoms with Gasteiger partial charge in [-0.15, -0.1) is 0 Å². The number of H-pyrrole nitrogens is 1. The van der Waals surface area contributed by atoms with Gasteiger partial charge in [-0.2, -0.15) is 0 Å². The van der Waals surface area contributed by atoms with Crippen LogP contribution < -0.4 is 10.5 Å². The number of aromatic hydroxyl groups is 1. The Labute approximate surface area is 165 Å². The summed E-state index contributed by atoms with van der Waals surface area (Å²) in [6.07, 6.45) is 2.25. The molecule has 3 rings (SSSR count). The fourth-order valence-electron chi connectivity index (χ4n) is 3.25. The molecule has 0 saturated carbocycles. The van der Waals surface area contributed by atoms with E-state index in [1.165, 1.54) is 4.90 Å². The highest BCUT2D eigenvalue weighted by molar-refractivity contribution is 7.83. The van der Waals surface area contributed by atoms with Crippen molar-refractivity contribution in [2.75, 3.05) is 17.7 Å². The van der Waals surface area contributed by atoms with Gasteiger partial charge in [-0.1, -0.05) is 37.3 Å². The molecule has 146 valence electrons. The zero-order valence-corrected chi connectivity index (χ0v) is 16.6. The summed E-state index contributed by atoms with van der Waals surface area (Å²) in [6.45, 7) is 2.34. The van der Waals surface area contributed by atoms with Crippen LogP contribution in [0, 0.1) is 0 Å². The molecule has 0 aliphatic heterocycles. The summed E-state index contributed by atoms with van der Waals surface area (Å²) in [5.74, 6) is -0.731. The molecule has 1 unspecified atom stereocenters. The first-order valence-corrected chi connectivity index (χ1v) is 10.7. The van der Waals surface area contributed by atoms with Gasteiger partial charge in [-0.05, 0) is 30.2 Å². The van der Waals surface area contributed by atoms with E-state index >= 15 is 0 Å². The zero-order valence-electron chi connectivity index (χ0n) is 15.8. The summed E-state index contributed by atoms with van der Waals surface area (Å²) >= 11 is 0. The van der Waals surface area contributed by atoms with E-state index in [9.17, 15) is 18.9 Å². The van der Waals surface area contributed by atoms with E-state index in [2.05, 4.69) is 4.98 Å². The van der Waals surface area contributed by atoms with Crippen LogP contribution in [0.25, 0.3) is 10.9 Å². The lowest BCUT2D eigenvalue weighted by molar-refractivity contribution is 0.0983. The highest BCUT2D eigenvalue weighted by Gasteiger charge is 2.26. The molecule has 0 bridgehead atoms. The topological polar surface area (TPSA) is 90.5 Å². The van der Waals surface area contributed by atoms with E-state index in [-0.39, 0.29) is 17.1 Å². The van der Waals surface area contributed by atoms with E-state index in [4.69, 9.17) is 0 Å². The molecule has 6 nitrogen and oxygen atoms in total. The largest absolute Gasteiger partial charge is 0.506 e. The number of nitrogens with zero attached hydrogens (tertiary/aromatic N) is 1. The van der Waals surface area contributed by atoms with E-state index < -0.39 is 22.3 Å². The third-order valence-electron chi connectivity index (χ3n) is 4.43. The van der Waals surface area contributed by atoms with Crippen LogP contribution in [0.1, 0.15) is 29.3 Å². The Hall–Kier alpha value is -2.93. The van der Waals surface area contributed by atoms with Gasteiger partial charge in [-0.25, -0.2) is 0 Å². The Kier molecular flexibility index (Phi) is 5.94. The van der Waals surface area contributed by atoms with Crippen LogP contribution >= 0.6 is 0 Å². The number of nitrogens with one attached hydrogen (secondary N) is 1. The van der Waals surface area contributed by atoms with Gasteiger partial charge in [-0.3, -0.25) is 13.8 Å². The number of fused-ring (bicyclic) bond motifs is 1. The first kappa shape index (κ1) is 19.8. The Bertz CT molecular complexity index is 1090. The molecule has 0 fully saturated rings. The van der Waals surface area contributed by atoms with Crippen molar-refractivity contribution in [3.05, 3.63) is 70.0 Å². The van der Waals surface area contributed by atoms with Gasteiger partial charge in [0.2, 0.25) is 0 Å². The van der Waals surface area contributed by atoms with Crippen molar-refractivity contribution in [1.29, 1.82) is 0 Å². The number of hydrogen-bond acceptors (Lipinski definition) is 4. The second-order valence-electron chi connectivity index (χ2n) is 6.53. The van der Waals surface area contributed by atoms with Crippen molar-refractivity contribution in [1.82, 2.24) is 4.98 Å². The van der Waals surface area contributed by atoms with E-state index in [0.29, 0.717) is 35.1 Å². The smallest absolute Gasteiger partial charge is 0.267 e. The number of pyridine rings is 1. The summed E-state index contributed by atoms with van der Waals surface area (Å²) in [7, 11) is -1.14. The van der Waals surface area contributed by atoms with Crippen LogP contribution in [-0.2, 0) is 16.6 Å². The average molecular weight is 398 g/mol. The van der Waals surface area contributed by atoms with Crippen molar-refractivity contribution in [3.63, 3.8) is 0 Å². The van der Waals surface area contributed by atoms with Crippen molar-refractivity contribution >= 4 is 33.3 Å². The van der Waals surface area contributed by atoms with Gasteiger partial charge < -0.3 is 15.0 Å². The summed E-state index contributed by atoms with van der Waals surface area (Å²) in [5.41, 5.74) is 0.712. The second kappa shape index (κ2) is 8.39. The fourth-order valence-corrected chi connectivity index (χ4v) is 3.93. The standard InChI is InChI=1S/C21H22N2O4S/c1-3-12-23(15-9-5-4-6-10-15)21(26)18-19(24)17-14(13-28(2)27)8-7-11-16(17)22-20(18)25/h4-11H,3,12-13H2,1-2H3,(H2,22,24,25). The van der Waals surface area contributed by atoms with Crippen molar-refractivity contribution in [2.45, 2.75) is 19.1 Å². The van der Waals surface area contributed by atoms with Crippen molar-refractivity contribution < 1.29 is 14.1 Å². The highest BCUT2D eigenvalue weighted by Crippen LogP contribution is 2.30. The minimum Gasteiger partial charge on any atom is -0.506 e. The van der Waals surface area contributed by atoms with Gasteiger partial charge in [0.05, 0.1) is 5.52 Å². The van der Waals surface area contributed by atoms with Crippen LogP contribution in [0.15, 0.2) is 53.3 Å². The summed E-state index contributed by atoms with van der Waals surface area (Å²) in [4.78, 5) is 30.0. The molecule has 3 aromatic rings. The lowest BCUT2D eigenvalue weighted by Gasteiger charge is -2.22. The maximum Gasteiger partial charge on any atom is 0.267 e. The molecule has 7 heteroatoms. The van der Waals surface area contributed by atoms with Gasteiger partial charge in [0.1, 0.15) is 11.3 Å². The SMILES string of the molecule is CCCN(C(=O)c1c(O)c2c(CS(C)=O)cccc2[nH]c1=O)c1ccccc1. The van der Waals surface area contributed by atoms with Crippen LogP contribution in [0.4, 0.5) is 5.69 Å². The molecule has 2 N–H and O–H groups in total. The number of aromatic nitrogens is 1. The number of carbonyl (C=O) groups excluding carboxylic acids is 1. The second-order valence-corrected chi connectivity index (χ2v) is 7.96. The van der Waals surface area contributed by atoms with Gasteiger partial charge >= 0.3 is 0 Å².